The van der Waals surface area contributed by atoms with Gasteiger partial charge in [0.15, 0.2) is 11.6 Å². The highest BCUT2D eigenvalue weighted by atomic mass is 19.1. The van der Waals surface area contributed by atoms with Crippen molar-refractivity contribution in [1.82, 2.24) is 4.98 Å². The fourth-order valence-corrected chi connectivity index (χ4v) is 1.48. The van der Waals surface area contributed by atoms with Gasteiger partial charge in [-0.15, -0.1) is 0 Å². The molecule has 0 fully saturated rings. The predicted molar refractivity (Wildman–Crippen MR) is 66.1 cm³/mol. The lowest BCUT2D eigenvalue weighted by atomic mass is 10.2. The average molecular weight is 258 g/mol. The van der Waals surface area contributed by atoms with Gasteiger partial charge in [-0.2, -0.15) is 5.26 Å². The molecule has 0 unspecified atom stereocenters. The fraction of sp³-hybridized carbons (Fsp3) is 0.143. The van der Waals surface area contributed by atoms with Crippen molar-refractivity contribution < 1.29 is 14.2 Å². The molecule has 0 saturated carbocycles. The van der Waals surface area contributed by atoms with E-state index in [0.717, 1.165) is 6.07 Å². The highest BCUT2D eigenvalue weighted by molar-refractivity contribution is 5.38. The minimum absolute atomic E-state index is 0.0191. The molecule has 1 N–H and O–H groups in total. The summed E-state index contributed by atoms with van der Waals surface area (Å²) in [4.78, 5) is 3.99. The van der Waals surface area contributed by atoms with Crippen LogP contribution in [0.1, 0.15) is 24.3 Å². The molecule has 2 rings (SSSR count). The summed E-state index contributed by atoms with van der Waals surface area (Å²) in [5, 5.41) is 17.9. The van der Waals surface area contributed by atoms with Gasteiger partial charge in [0.2, 0.25) is 0 Å². The number of aromatic nitrogens is 1. The molecule has 0 aliphatic rings. The summed E-state index contributed by atoms with van der Waals surface area (Å²) in [6.07, 6.45) is 0.736. The quantitative estimate of drug-likeness (QED) is 0.919. The van der Waals surface area contributed by atoms with E-state index >= 15 is 0 Å². The summed E-state index contributed by atoms with van der Waals surface area (Å²) >= 11 is 0. The van der Waals surface area contributed by atoms with Crippen LogP contribution >= 0.6 is 0 Å². The van der Waals surface area contributed by atoms with Gasteiger partial charge < -0.3 is 9.84 Å². The molecular weight excluding hydrogens is 247 g/mol. The lowest BCUT2D eigenvalue weighted by molar-refractivity contribution is 0.194. The minimum atomic E-state index is -0.666. The summed E-state index contributed by atoms with van der Waals surface area (Å²) in [5.74, 6) is -0.239. The van der Waals surface area contributed by atoms with E-state index in [4.69, 9.17) is 10.00 Å². The second-order valence-corrected chi connectivity index (χ2v) is 3.95. The van der Waals surface area contributed by atoms with Crippen LogP contribution in [0.15, 0.2) is 36.5 Å². The third-order valence-corrected chi connectivity index (χ3v) is 2.48. The van der Waals surface area contributed by atoms with Gasteiger partial charge in [-0.05, 0) is 37.3 Å². The molecular formula is C14H11FN2O2. The van der Waals surface area contributed by atoms with Crippen molar-refractivity contribution in [3.8, 4) is 17.6 Å². The smallest absolute Gasteiger partial charge is 0.167 e. The zero-order valence-corrected chi connectivity index (χ0v) is 10.2. The summed E-state index contributed by atoms with van der Waals surface area (Å²) in [6, 6.07) is 8.99. The van der Waals surface area contributed by atoms with E-state index in [1.807, 2.05) is 6.07 Å². The van der Waals surface area contributed by atoms with Gasteiger partial charge in [-0.1, -0.05) is 0 Å². The van der Waals surface area contributed by atoms with E-state index in [1.54, 1.807) is 19.1 Å². The van der Waals surface area contributed by atoms with E-state index in [2.05, 4.69) is 4.98 Å². The number of aliphatic hydroxyl groups is 1. The molecule has 0 aliphatic heterocycles. The van der Waals surface area contributed by atoms with Crippen LogP contribution in [0.25, 0.3) is 0 Å². The number of nitrogens with zero attached hydrogens (tertiary/aromatic N) is 2. The first-order chi connectivity index (χ1) is 9.10. The molecule has 4 nitrogen and oxygen atoms in total. The van der Waals surface area contributed by atoms with Crippen LogP contribution in [-0.4, -0.2) is 10.1 Å². The minimum Gasteiger partial charge on any atom is -0.453 e. The number of hydrogen-bond acceptors (Lipinski definition) is 4. The molecule has 1 aromatic carbocycles. The Hall–Kier alpha value is -2.45. The van der Waals surface area contributed by atoms with Crippen molar-refractivity contribution in [1.29, 1.82) is 5.26 Å². The van der Waals surface area contributed by atoms with Gasteiger partial charge in [-0.25, -0.2) is 4.39 Å². The van der Waals surface area contributed by atoms with Crippen LogP contribution < -0.4 is 4.74 Å². The number of hydrogen-bond donors (Lipinski definition) is 1. The Bertz CT molecular complexity index is 618. The average Bonchev–Trinajstić information content (AvgIpc) is 2.41. The van der Waals surface area contributed by atoms with E-state index in [9.17, 15) is 9.50 Å². The number of aliphatic hydroxyl groups excluding tert-OH is 1. The number of rotatable bonds is 3. The lowest BCUT2D eigenvalue weighted by Crippen LogP contribution is -1.95. The highest BCUT2D eigenvalue weighted by Gasteiger charge is 2.07. The Morgan fingerprint density at radius 2 is 2.16 bits per heavy atom. The maximum atomic E-state index is 13.6. The van der Waals surface area contributed by atoms with Crippen LogP contribution in [0.2, 0.25) is 0 Å². The Labute approximate surface area is 109 Å². The van der Waals surface area contributed by atoms with Gasteiger partial charge in [0.05, 0.1) is 29.6 Å². The monoisotopic (exact) mass is 258 g/mol. The van der Waals surface area contributed by atoms with Gasteiger partial charge in [-0.3, -0.25) is 4.98 Å². The van der Waals surface area contributed by atoms with Crippen molar-refractivity contribution in [2.45, 2.75) is 13.0 Å². The molecule has 0 saturated heterocycles. The van der Waals surface area contributed by atoms with E-state index in [1.165, 1.54) is 18.3 Å². The Kier molecular flexibility index (Phi) is 3.74. The standard InChI is InChI=1S/C14H11FN2O2/c1-9(18)13-4-3-11(8-17-13)19-14-5-2-10(7-16)6-12(14)15/h2-6,8-9,18H,1H3/t9-/m0/s1. The second-order valence-electron chi connectivity index (χ2n) is 3.95. The molecule has 0 radical (unpaired) electrons. The van der Waals surface area contributed by atoms with Gasteiger partial charge in [0.1, 0.15) is 5.75 Å². The first kappa shape index (κ1) is 13.0. The highest BCUT2D eigenvalue weighted by Crippen LogP contribution is 2.25. The van der Waals surface area contributed by atoms with Crippen molar-refractivity contribution in [2.24, 2.45) is 0 Å². The fourth-order valence-electron chi connectivity index (χ4n) is 1.48. The van der Waals surface area contributed by atoms with Gasteiger partial charge in [0.25, 0.3) is 0 Å². The summed E-state index contributed by atoms with van der Waals surface area (Å²) in [6.45, 7) is 1.60. The predicted octanol–water partition coefficient (Wildman–Crippen LogP) is 2.94. The first-order valence-corrected chi connectivity index (χ1v) is 5.61. The van der Waals surface area contributed by atoms with Crippen molar-refractivity contribution in [3.63, 3.8) is 0 Å². The summed E-state index contributed by atoms with van der Waals surface area (Å²) in [5.41, 5.74) is 0.736. The maximum absolute atomic E-state index is 13.6. The van der Waals surface area contributed by atoms with Crippen molar-refractivity contribution >= 4 is 0 Å². The molecule has 0 spiro atoms. The lowest BCUT2D eigenvalue weighted by Gasteiger charge is -2.08. The Morgan fingerprint density at radius 1 is 1.37 bits per heavy atom. The second kappa shape index (κ2) is 5.46. The van der Waals surface area contributed by atoms with E-state index < -0.39 is 11.9 Å². The van der Waals surface area contributed by atoms with Crippen LogP contribution in [0, 0.1) is 17.1 Å². The molecule has 19 heavy (non-hydrogen) atoms. The number of halogens is 1. The SMILES string of the molecule is C[C@H](O)c1ccc(Oc2ccc(C#N)cc2F)cn1. The largest absolute Gasteiger partial charge is 0.453 e. The normalized spacial score (nSPS) is 11.7. The zero-order chi connectivity index (χ0) is 13.8. The van der Waals surface area contributed by atoms with Gasteiger partial charge in [0, 0.05) is 0 Å². The molecule has 0 aliphatic carbocycles. The third-order valence-electron chi connectivity index (χ3n) is 2.48. The zero-order valence-electron chi connectivity index (χ0n) is 10.2. The maximum Gasteiger partial charge on any atom is 0.167 e. The van der Waals surface area contributed by atoms with Crippen LogP contribution in [0.5, 0.6) is 11.5 Å². The van der Waals surface area contributed by atoms with Crippen LogP contribution in [0.3, 0.4) is 0 Å². The number of pyridine rings is 1. The molecule has 2 aromatic rings. The molecule has 0 amide bonds. The molecule has 1 aromatic heterocycles. The third kappa shape index (κ3) is 3.06. The number of nitriles is 1. The summed E-state index contributed by atoms with van der Waals surface area (Å²) in [7, 11) is 0. The molecule has 0 bridgehead atoms. The van der Waals surface area contributed by atoms with Crippen LogP contribution in [-0.2, 0) is 0 Å². The molecule has 1 atom stereocenters. The van der Waals surface area contributed by atoms with Gasteiger partial charge >= 0.3 is 0 Å². The Balaban J connectivity index is 2.19. The number of benzene rings is 1. The summed E-state index contributed by atoms with van der Waals surface area (Å²) < 4.78 is 18.9. The number of ether oxygens (including phenoxy) is 1. The molecule has 1 heterocycles. The van der Waals surface area contributed by atoms with Crippen molar-refractivity contribution in [2.75, 3.05) is 0 Å². The van der Waals surface area contributed by atoms with Crippen LogP contribution in [0.4, 0.5) is 4.39 Å². The van der Waals surface area contributed by atoms with Crippen molar-refractivity contribution in [3.05, 3.63) is 53.6 Å². The molecule has 5 heteroatoms. The first-order valence-electron chi connectivity index (χ1n) is 5.61. The van der Waals surface area contributed by atoms with E-state index in [0.29, 0.717) is 11.4 Å². The molecule has 96 valence electrons. The topological polar surface area (TPSA) is 66.1 Å². The van der Waals surface area contributed by atoms with E-state index in [-0.39, 0.29) is 11.3 Å². The Morgan fingerprint density at radius 3 is 2.68 bits per heavy atom.